The highest BCUT2D eigenvalue weighted by atomic mass is 15.2. The first-order valence-electron chi connectivity index (χ1n) is 48.0. The molecule has 0 unspecified atom stereocenters. The molecule has 20 aromatic carbocycles. The SMILES string of the molecule is c1ccc(-c2nc(-n3c4ccccc4c4c5cccnc5c5c(c6ccccc6n5-c5ccccc5)c43)nc3ccc4ccccc4c23)cc1.c1ccc(-n2c3ccccc3c3c2c2ncccc2c2c4ccccc4n(-c4cc5c6ccccc6c6ccccc6c5cn4)c23)cc1.c1ccc(-n2c3ccccc3c3c2c2ncccc2c2c4ccccc4n(-c4ncc5ccc6ccccc6c5n4)c23)cc1. The molecule has 0 saturated carbocycles. The van der Waals surface area contributed by atoms with Crippen molar-refractivity contribution >= 4 is 239 Å². The molecule has 12 aromatic heterocycles. The molecular weight excluding hydrogens is 1730 g/mol. The summed E-state index contributed by atoms with van der Waals surface area (Å²) in [6.07, 6.45) is 9.75. The van der Waals surface area contributed by atoms with E-state index in [-0.39, 0.29) is 0 Å². The minimum Gasteiger partial charge on any atom is -0.307 e. The quantitative estimate of drug-likeness (QED) is 0.144. The molecule has 0 N–H and O–H groups in total. The van der Waals surface area contributed by atoms with Crippen LogP contribution < -0.4 is 0 Å². The Hall–Kier alpha value is -19.4. The number of aromatic nitrogens is 14. The third-order valence-corrected chi connectivity index (χ3v) is 29.2. The van der Waals surface area contributed by atoms with Gasteiger partial charge in [-0.3, -0.25) is 28.7 Å². The zero-order valence-corrected chi connectivity index (χ0v) is 76.1. The molecule has 0 atom stereocenters. The summed E-state index contributed by atoms with van der Waals surface area (Å²) in [5.41, 5.74) is 23.3. The predicted octanol–water partition coefficient (Wildman–Crippen LogP) is 32.0. The number of pyridine rings is 4. The van der Waals surface area contributed by atoms with Gasteiger partial charge >= 0.3 is 0 Å². The Morgan fingerprint density at radius 2 is 0.500 bits per heavy atom. The summed E-state index contributed by atoms with van der Waals surface area (Å²) in [4.78, 5) is 41.8. The van der Waals surface area contributed by atoms with Crippen LogP contribution in [-0.2, 0) is 0 Å². The molecule has 0 aliphatic heterocycles. The Balaban J connectivity index is 0.0000000998. The summed E-state index contributed by atoms with van der Waals surface area (Å²) in [7, 11) is 0. The van der Waals surface area contributed by atoms with E-state index in [2.05, 4.69) is 452 Å². The van der Waals surface area contributed by atoms with Crippen LogP contribution in [0.5, 0.6) is 0 Å². The number of hydrogen-bond acceptors (Lipinski definition) is 8. The zero-order chi connectivity index (χ0) is 92.9. The summed E-state index contributed by atoms with van der Waals surface area (Å²) >= 11 is 0. The van der Waals surface area contributed by atoms with Gasteiger partial charge in [0, 0.05) is 156 Å². The summed E-state index contributed by atoms with van der Waals surface area (Å²) in [6.45, 7) is 0. The van der Waals surface area contributed by atoms with E-state index in [4.69, 9.17) is 39.9 Å². The van der Waals surface area contributed by atoms with Crippen molar-refractivity contribution in [2.24, 2.45) is 0 Å². The molecule has 0 aliphatic carbocycles. The van der Waals surface area contributed by atoms with Gasteiger partial charge in [-0.1, -0.05) is 328 Å². The van der Waals surface area contributed by atoms with E-state index in [0.717, 1.165) is 214 Å². The molecule has 0 spiro atoms. The van der Waals surface area contributed by atoms with Gasteiger partial charge in [-0.05, 0) is 146 Å². The number of fused-ring (bicyclic) bond motifs is 42. The molecule has 14 nitrogen and oxygen atoms in total. The van der Waals surface area contributed by atoms with E-state index in [1.807, 2.05) is 36.9 Å². The van der Waals surface area contributed by atoms with E-state index >= 15 is 0 Å². The van der Waals surface area contributed by atoms with Gasteiger partial charge in [0.05, 0.1) is 99.5 Å². The van der Waals surface area contributed by atoms with Crippen molar-refractivity contribution in [1.82, 2.24) is 67.3 Å². The summed E-state index contributed by atoms with van der Waals surface area (Å²) in [5.74, 6) is 2.19. The molecule has 32 aromatic rings. The lowest BCUT2D eigenvalue weighted by atomic mass is 9.95. The normalized spacial score (nSPS) is 12.1. The number of benzene rings is 20. The first kappa shape index (κ1) is 78.8. The molecule has 658 valence electrons. The standard InChI is InChI=1S/C45H27N5.C44H26N4.C39H23N5/c1-3-15-29(16-4-1)41-39-31-19-8-7-14-28(31)25-26-35(39)47-45(48-41)50-37-24-12-9-20-32(37)38-34-22-13-27-46-42(34)44-40(43(38)50)33-21-10-11-23-36(33)49(44)30-17-5-2-6-18-30;1-2-13-27(14-3-1)47-37-22-10-9-20-33(37)41-43-40(34-21-12-24-45-42(34)44(41)47)32-19-8-11-23-38(32)48(43)39-25-35-30-17-6-4-15-28(30)29-16-5-7-18-31(29)36(35)26-46-39;1-2-12-26(13-3-1)43-31-18-8-7-16-29(31)34-37-33(30-17-10-22-40-36(30)38(34)43)28-15-6-9-19-32(28)44(37)39-41-23-25-21-20-24-11-4-5-14-27(24)35(25)42-39/h1-27H;1-26H;1-23H. The van der Waals surface area contributed by atoms with Crippen molar-refractivity contribution in [2.45, 2.75) is 0 Å². The number of hydrogen-bond donors (Lipinski definition) is 0. The van der Waals surface area contributed by atoms with Gasteiger partial charge in [-0.25, -0.2) is 24.9 Å². The smallest absolute Gasteiger partial charge is 0.235 e. The van der Waals surface area contributed by atoms with Gasteiger partial charge in [0.15, 0.2) is 0 Å². The van der Waals surface area contributed by atoms with Crippen molar-refractivity contribution in [3.8, 4) is 46.0 Å². The Morgan fingerprint density at radius 1 is 0.169 bits per heavy atom. The molecule has 0 aliphatic rings. The van der Waals surface area contributed by atoms with Crippen LogP contribution in [0.4, 0.5) is 0 Å². The second-order valence-electron chi connectivity index (χ2n) is 36.7. The molecule has 0 saturated heterocycles. The first-order chi connectivity index (χ1) is 70.6. The molecule has 0 amide bonds. The maximum atomic E-state index is 5.53. The Bertz CT molecular complexity index is 11000. The largest absolute Gasteiger partial charge is 0.307 e. The minimum absolute atomic E-state index is 0.638. The van der Waals surface area contributed by atoms with Crippen molar-refractivity contribution in [3.05, 3.63) is 462 Å². The Labute approximate surface area is 808 Å². The van der Waals surface area contributed by atoms with Crippen molar-refractivity contribution in [2.75, 3.05) is 0 Å². The fourth-order valence-electron chi connectivity index (χ4n) is 23.5. The highest BCUT2D eigenvalue weighted by molar-refractivity contribution is 6.40. The highest BCUT2D eigenvalue weighted by Gasteiger charge is 2.32. The monoisotopic (exact) mass is 1810 g/mol. The van der Waals surface area contributed by atoms with Gasteiger partial charge < -0.3 is 13.7 Å². The van der Waals surface area contributed by atoms with Crippen molar-refractivity contribution in [1.29, 1.82) is 0 Å². The zero-order valence-electron chi connectivity index (χ0n) is 76.1. The molecular formula is C128H76N14. The van der Waals surface area contributed by atoms with Gasteiger partial charge in [0.1, 0.15) is 5.82 Å². The predicted molar refractivity (Wildman–Crippen MR) is 588 cm³/mol. The third-order valence-electron chi connectivity index (χ3n) is 29.2. The molecule has 32 rings (SSSR count). The van der Waals surface area contributed by atoms with Gasteiger partial charge in [-0.15, -0.1) is 0 Å². The van der Waals surface area contributed by atoms with Crippen LogP contribution in [0.3, 0.4) is 0 Å². The fraction of sp³-hybridized carbons (Fsp3) is 0. The average molecular weight is 1810 g/mol. The van der Waals surface area contributed by atoms with Gasteiger partial charge in [0.2, 0.25) is 11.9 Å². The first-order valence-corrected chi connectivity index (χ1v) is 48.0. The summed E-state index contributed by atoms with van der Waals surface area (Å²) in [6, 6.07) is 152. The van der Waals surface area contributed by atoms with Gasteiger partial charge in [-0.2, -0.15) is 0 Å². The third kappa shape index (κ3) is 11.5. The molecule has 0 bridgehead atoms. The minimum atomic E-state index is 0.638. The molecule has 142 heavy (non-hydrogen) atoms. The average Bonchev–Trinajstić information content (AvgIpc) is 1.53. The summed E-state index contributed by atoms with van der Waals surface area (Å²) < 4.78 is 14.1. The van der Waals surface area contributed by atoms with Gasteiger partial charge in [0.25, 0.3) is 0 Å². The van der Waals surface area contributed by atoms with Crippen molar-refractivity contribution in [3.63, 3.8) is 0 Å². The highest BCUT2D eigenvalue weighted by Crippen LogP contribution is 2.52. The fourth-order valence-corrected chi connectivity index (χ4v) is 23.5. The Kier molecular flexibility index (Phi) is 17.2. The lowest BCUT2D eigenvalue weighted by Gasteiger charge is -2.14. The summed E-state index contributed by atoms with van der Waals surface area (Å²) in [5, 5.41) is 31.3. The van der Waals surface area contributed by atoms with E-state index in [1.165, 1.54) is 59.2 Å². The van der Waals surface area contributed by atoms with E-state index in [9.17, 15) is 0 Å². The molecule has 0 radical (unpaired) electrons. The van der Waals surface area contributed by atoms with Crippen LogP contribution >= 0.6 is 0 Å². The topological polar surface area (TPSA) is 133 Å². The number of rotatable bonds is 7. The van der Waals surface area contributed by atoms with Crippen LogP contribution in [0.15, 0.2) is 462 Å². The van der Waals surface area contributed by atoms with E-state index in [0.29, 0.717) is 11.9 Å². The lowest BCUT2D eigenvalue weighted by molar-refractivity contribution is 1.02. The number of para-hydroxylation sites is 9. The van der Waals surface area contributed by atoms with E-state index < -0.39 is 0 Å². The van der Waals surface area contributed by atoms with Crippen LogP contribution in [0.1, 0.15) is 0 Å². The molecule has 14 heteroatoms. The molecule has 0 fully saturated rings. The van der Waals surface area contributed by atoms with Crippen LogP contribution in [0.2, 0.25) is 0 Å². The lowest BCUT2D eigenvalue weighted by Crippen LogP contribution is -2.04. The second kappa shape index (κ2) is 31.0. The van der Waals surface area contributed by atoms with Crippen LogP contribution in [-0.4, -0.2) is 67.3 Å². The maximum Gasteiger partial charge on any atom is 0.235 e. The Morgan fingerprint density at radius 3 is 0.958 bits per heavy atom. The second-order valence-corrected chi connectivity index (χ2v) is 36.7. The molecule has 12 heterocycles. The van der Waals surface area contributed by atoms with Crippen LogP contribution in [0.25, 0.3) is 285 Å². The van der Waals surface area contributed by atoms with Crippen LogP contribution in [0, 0.1) is 0 Å². The number of nitrogens with zero attached hydrogens (tertiary/aromatic N) is 14. The van der Waals surface area contributed by atoms with Crippen molar-refractivity contribution < 1.29 is 0 Å². The van der Waals surface area contributed by atoms with E-state index in [1.54, 1.807) is 0 Å². The maximum absolute atomic E-state index is 5.53.